The van der Waals surface area contributed by atoms with Crippen LogP contribution in [-0.4, -0.2) is 32.8 Å². The summed E-state index contributed by atoms with van der Waals surface area (Å²) in [6.07, 6.45) is 7.87. The van der Waals surface area contributed by atoms with Gasteiger partial charge in [0.2, 0.25) is 5.91 Å². The average molecular weight is 335 g/mol. The maximum atomic E-state index is 12.1. The van der Waals surface area contributed by atoms with E-state index in [4.69, 9.17) is 4.74 Å². The third-order valence-corrected chi connectivity index (χ3v) is 3.51. The SMILES string of the molecule is COc1ccccc1C=CC(=O)NCc1cccnc1-n1cncn1. The highest BCUT2D eigenvalue weighted by Gasteiger charge is 2.07. The van der Waals surface area contributed by atoms with E-state index in [0.717, 1.165) is 11.1 Å². The highest BCUT2D eigenvalue weighted by atomic mass is 16.5. The summed E-state index contributed by atoms with van der Waals surface area (Å²) in [6, 6.07) is 11.2. The van der Waals surface area contributed by atoms with Crippen molar-refractivity contribution in [3.05, 3.63) is 72.5 Å². The van der Waals surface area contributed by atoms with E-state index in [9.17, 15) is 4.79 Å². The van der Waals surface area contributed by atoms with Crippen LogP contribution in [0.5, 0.6) is 5.75 Å². The van der Waals surface area contributed by atoms with Gasteiger partial charge in [0, 0.05) is 29.9 Å². The van der Waals surface area contributed by atoms with Crippen molar-refractivity contribution < 1.29 is 9.53 Å². The summed E-state index contributed by atoms with van der Waals surface area (Å²) in [5.74, 6) is 1.14. The van der Waals surface area contributed by atoms with Crippen molar-refractivity contribution in [1.29, 1.82) is 0 Å². The van der Waals surface area contributed by atoms with Gasteiger partial charge in [-0.05, 0) is 18.2 Å². The second-order valence-electron chi connectivity index (χ2n) is 5.12. The topological polar surface area (TPSA) is 81.9 Å². The summed E-state index contributed by atoms with van der Waals surface area (Å²) in [6.45, 7) is 0.331. The molecule has 0 atom stereocenters. The van der Waals surface area contributed by atoms with Gasteiger partial charge in [-0.3, -0.25) is 4.79 Å². The second-order valence-corrected chi connectivity index (χ2v) is 5.12. The van der Waals surface area contributed by atoms with Crippen molar-refractivity contribution in [2.24, 2.45) is 0 Å². The van der Waals surface area contributed by atoms with Crippen molar-refractivity contribution in [2.75, 3.05) is 7.11 Å². The van der Waals surface area contributed by atoms with Crippen LogP contribution in [0.1, 0.15) is 11.1 Å². The lowest BCUT2D eigenvalue weighted by molar-refractivity contribution is -0.116. The Hall–Kier alpha value is -3.48. The number of hydrogen-bond donors (Lipinski definition) is 1. The molecule has 0 saturated heterocycles. The van der Waals surface area contributed by atoms with Crippen molar-refractivity contribution in [1.82, 2.24) is 25.1 Å². The molecule has 2 heterocycles. The van der Waals surface area contributed by atoms with Crippen LogP contribution in [0.2, 0.25) is 0 Å². The fourth-order valence-electron chi connectivity index (χ4n) is 2.30. The first kappa shape index (κ1) is 16.4. The van der Waals surface area contributed by atoms with Gasteiger partial charge in [0.05, 0.1) is 7.11 Å². The van der Waals surface area contributed by atoms with Crippen LogP contribution in [0.15, 0.2) is 61.3 Å². The van der Waals surface area contributed by atoms with Gasteiger partial charge in [-0.25, -0.2) is 14.6 Å². The summed E-state index contributed by atoms with van der Waals surface area (Å²) in [7, 11) is 1.60. The molecule has 0 radical (unpaired) electrons. The molecular formula is C18H17N5O2. The highest BCUT2D eigenvalue weighted by molar-refractivity contribution is 5.92. The van der Waals surface area contributed by atoms with Gasteiger partial charge in [-0.2, -0.15) is 5.10 Å². The van der Waals surface area contributed by atoms with E-state index in [2.05, 4.69) is 20.4 Å². The van der Waals surface area contributed by atoms with Crippen LogP contribution >= 0.6 is 0 Å². The molecule has 1 amide bonds. The molecule has 3 aromatic rings. The van der Waals surface area contributed by atoms with Crippen LogP contribution in [0.3, 0.4) is 0 Å². The first-order valence-electron chi connectivity index (χ1n) is 7.66. The molecule has 7 heteroatoms. The summed E-state index contributed by atoms with van der Waals surface area (Å²) < 4.78 is 6.82. The van der Waals surface area contributed by atoms with E-state index >= 15 is 0 Å². The van der Waals surface area contributed by atoms with Gasteiger partial charge in [-0.15, -0.1) is 0 Å². The lowest BCUT2D eigenvalue weighted by atomic mass is 10.2. The Balaban J connectivity index is 1.66. The van der Waals surface area contributed by atoms with Crippen molar-refractivity contribution in [3.8, 4) is 11.6 Å². The summed E-state index contributed by atoms with van der Waals surface area (Å²) in [5, 5.41) is 6.91. The molecule has 0 saturated carbocycles. The molecule has 0 bridgehead atoms. The van der Waals surface area contributed by atoms with Crippen molar-refractivity contribution in [3.63, 3.8) is 0 Å². The zero-order valence-corrected chi connectivity index (χ0v) is 13.7. The molecule has 2 aromatic heterocycles. The first-order valence-corrected chi connectivity index (χ1v) is 7.66. The normalized spacial score (nSPS) is 10.8. The molecule has 0 fully saturated rings. The Morgan fingerprint density at radius 1 is 1.28 bits per heavy atom. The van der Waals surface area contributed by atoms with E-state index < -0.39 is 0 Å². The largest absolute Gasteiger partial charge is 0.496 e. The molecular weight excluding hydrogens is 318 g/mol. The van der Waals surface area contributed by atoms with E-state index in [1.807, 2.05) is 36.4 Å². The Kier molecular flexibility index (Phi) is 5.16. The minimum absolute atomic E-state index is 0.209. The Labute approximate surface area is 145 Å². The van der Waals surface area contributed by atoms with E-state index in [1.54, 1.807) is 30.4 Å². The lowest BCUT2D eigenvalue weighted by Crippen LogP contribution is -2.21. The predicted octanol–water partition coefficient (Wildman–Crippen LogP) is 2.00. The minimum atomic E-state index is -0.209. The maximum Gasteiger partial charge on any atom is 0.244 e. The van der Waals surface area contributed by atoms with Crippen LogP contribution in [-0.2, 0) is 11.3 Å². The number of carbonyl (C=O) groups is 1. The number of rotatable bonds is 6. The summed E-state index contributed by atoms with van der Waals surface area (Å²) >= 11 is 0. The number of amides is 1. The molecule has 1 aromatic carbocycles. The smallest absolute Gasteiger partial charge is 0.244 e. The number of nitrogens with zero attached hydrogens (tertiary/aromatic N) is 4. The number of aromatic nitrogens is 4. The lowest BCUT2D eigenvalue weighted by Gasteiger charge is -2.08. The molecule has 0 aliphatic rings. The van der Waals surface area contributed by atoms with Gasteiger partial charge < -0.3 is 10.1 Å². The molecule has 3 rings (SSSR count). The number of carbonyl (C=O) groups excluding carboxylic acids is 1. The van der Waals surface area contributed by atoms with E-state index in [-0.39, 0.29) is 5.91 Å². The number of methoxy groups -OCH3 is 1. The van der Waals surface area contributed by atoms with E-state index in [0.29, 0.717) is 18.1 Å². The van der Waals surface area contributed by atoms with Crippen LogP contribution in [0, 0.1) is 0 Å². The van der Waals surface area contributed by atoms with Crippen molar-refractivity contribution in [2.45, 2.75) is 6.54 Å². The Bertz CT molecular complexity index is 875. The number of nitrogens with one attached hydrogen (secondary N) is 1. The van der Waals surface area contributed by atoms with Crippen LogP contribution in [0.25, 0.3) is 11.9 Å². The second kappa shape index (κ2) is 7.87. The highest BCUT2D eigenvalue weighted by Crippen LogP contribution is 2.18. The zero-order valence-electron chi connectivity index (χ0n) is 13.7. The van der Waals surface area contributed by atoms with E-state index in [1.165, 1.54) is 12.4 Å². The van der Waals surface area contributed by atoms with Gasteiger partial charge in [0.25, 0.3) is 0 Å². The fourth-order valence-corrected chi connectivity index (χ4v) is 2.30. The maximum absolute atomic E-state index is 12.1. The number of pyridine rings is 1. The van der Waals surface area contributed by atoms with Crippen molar-refractivity contribution >= 4 is 12.0 Å². The predicted molar refractivity (Wildman–Crippen MR) is 93.0 cm³/mol. The summed E-state index contributed by atoms with van der Waals surface area (Å²) in [4.78, 5) is 20.3. The Morgan fingerprint density at radius 2 is 2.16 bits per heavy atom. The standard InChI is InChI=1S/C18H17N5O2/c1-25-16-7-3-2-5-14(16)8-9-17(24)21-11-15-6-4-10-20-18(15)23-13-19-12-22-23/h2-10,12-13H,11H2,1H3,(H,21,24). The molecule has 25 heavy (non-hydrogen) atoms. The average Bonchev–Trinajstić information content (AvgIpc) is 3.19. The fraction of sp³-hybridized carbons (Fsp3) is 0.111. The third-order valence-electron chi connectivity index (χ3n) is 3.51. The van der Waals surface area contributed by atoms with Crippen LogP contribution in [0.4, 0.5) is 0 Å². The number of hydrogen-bond acceptors (Lipinski definition) is 5. The van der Waals surface area contributed by atoms with Gasteiger partial charge >= 0.3 is 0 Å². The summed E-state index contributed by atoms with van der Waals surface area (Å²) in [5.41, 5.74) is 1.68. The molecule has 1 N–H and O–H groups in total. The minimum Gasteiger partial charge on any atom is -0.496 e. The first-order chi connectivity index (χ1) is 12.3. The molecule has 0 aliphatic heterocycles. The molecule has 0 unspecified atom stereocenters. The van der Waals surface area contributed by atoms with Gasteiger partial charge in [-0.1, -0.05) is 24.3 Å². The third kappa shape index (κ3) is 4.08. The number of ether oxygens (including phenoxy) is 1. The zero-order chi connectivity index (χ0) is 17.5. The Morgan fingerprint density at radius 3 is 2.96 bits per heavy atom. The monoisotopic (exact) mass is 335 g/mol. The molecule has 7 nitrogen and oxygen atoms in total. The number of para-hydroxylation sites is 1. The quantitative estimate of drug-likeness (QED) is 0.697. The van der Waals surface area contributed by atoms with Gasteiger partial charge in [0.1, 0.15) is 18.4 Å². The molecule has 0 aliphatic carbocycles. The van der Waals surface area contributed by atoms with Gasteiger partial charge in [0.15, 0.2) is 5.82 Å². The molecule has 126 valence electrons. The van der Waals surface area contributed by atoms with Crippen LogP contribution < -0.4 is 10.1 Å². The molecule has 0 spiro atoms. The number of benzene rings is 1.